The topological polar surface area (TPSA) is 119 Å². The van der Waals surface area contributed by atoms with Gasteiger partial charge in [-0.05, 0) is 48.4 Å². The Labute approximate surface area is 252 Å². The van der Waals surface area contributed by atoms with Gasteiger partial charge in [0.05, 0.1) is 17.3 Å². The van der Waals surface area contributed by atoms with Gasteiger partial charge in [0.25, 0.3) is 10.9 Å². The summed E-state index contributed by atoms with van der Waals surface area (Å²) < 4.78 is 7.98. The van der Waals surface area contributed by atoms with E-state index in [0.29, 0.717) is 17.3 Å². The van der Waals surface area contributed by atoms with Gasteiger partial charge in [0, 0.05) is 44.1 Å². The number of anilines is 2. The molecule has 2 aliphatic rings. The minimum atomic E-state index is -0.501. The molecule has 8 rings (SSSR count). The molecule has 0 aliphatic carbocycles. The van der Waals surface area contributed by atoms with Crippen molar-refractivity contribution in [3.8, 4) is 34.1 Å². The Morgan fingerprint density at radius 2 is 1.75 bits per heavy atom. The Kier molecular flexibility index (Phi) is 6.05. The van der Waals surface area contributed by atoms with Crippen molar-refractivity contribution >= 4 is 22.7 Å². The van der Waals surface area contributed by atoms with Crippen molar-refractivity contribution in [1.29, 1.82) is 0 Å². The maximum atomic E-state index is 12.1. The molecule has 1 fully saturated rings. The molecule has 0 amide bonds. The summed E-state index contributed by atoms with van der Waals surface area (Å²) >= 11 is 0. The van der Waals surface area contributed by atoms with Gasteiger partial charge in [0.2, 0.25) is 0 Å². The van der Waals surface area contributed by atoms with Crippen molar-refractivity contribution in [2.24, 2.45) is 0 Å². The zero-order chi connectivity index (χ0) is 29.9. The summed E-state index contributed by atoms with van der Waals surface area (Å²) in [5, 5.41) is 0. The van der Waals surface area contributed by atoms with Crippen LogP contribution in [0.4, 0.5) is 11.5 Å². The van der Waals surface area contributed by atoms with Crippen LogP contribution in [0.1, 0.15) is 12.0 Å². The van der Waals surface area contributed by atoms with E-state index >= 15 is 0 Å². The number of piperidine rings is 1. The second-order valence-corrected chi connectivity index (χ2v) is 11.5. The number of rotatable bonds is 5. The number of nitrogen functional groups attached to an aromatic ring is 1. The largest absolute Gasteiger partial charge is 0.482 e. The predicted octanol–water partition coefficient (Wildman–Crippen LogP) is 3.80. The van der Waals surface area contributed by atoms with E-state index in [0.717, 1.165) is 65.3 Å². The van der Waals surface area contributed by atoms with Crippen LogP contribution in [-0.2, 0) is 6.54 Å². The normalized spacial score (nSPS) is 18.2. The van der Waals surface area contributed by atoms with Gasteiger partial charge >= 0.3 is 0 Å². The van der Waals surface area contributed by atoms with Gasteiger partial charge < -0.3 is 15.4 Å². The highest BCUT2D eigenvalue weighted by molar-refractivity contribution is 5.84. The number of hydrogen-bond acceptors (Lipinski definition) is 9. The molecule has 2 atom stereocenters. The van der Waals surface area contributed by atoms with E-state index in [1.807, 2.05) is 71.1 Å². The molecular weight excluding hydrogens is 554 g/mol. The van der Waals surface area contributed by atoms with Crippen LogP contribution < -0.4 is 26.2 Å². The lowest BCUT2D eigenvalue weighted by Crippen LogP contribution is -2.62. The molecule has 1 saturated heterocycles. The number of fused-ring (bicyclic) bond motifs is 3. The lowest BCUT2D eigenvalue weighted by Gasteiger charge is -2.47. The number of likely N-dealkylation sites (tertiary alicyclic amines) is 1. The number of likely N-dealkylation sites (N-methyl/N-ethyl adjacent to an activating group) is 1. The van der Waals surface area contributed by atoms with Crippen molar-refractivity contribution < 1.29 is 4.74 Å². The molecule has 0 unspecified atom stereocenters. The molecule has 0 radical (unpaired) electrons. The molecule has 2 aliphatic heterocycles. The molecule has 6 aromatic rings. The van der Waals surface area contributed by atoms with Gasteiger partial charge in [0.1, 0.15) is 23.1 Å². The van der Waals surface area contributed by atoms with Gasteiger partial charge in [0.15, 0.2) is 17.2 Å². The fourth-order valence-corrected chi connectivity index (χ4v) is 6.50. The number of aromatic nitrogens is 4. The van der Waals surface area contributed by atoms with Crippen LogP contribution >= 0.6 is 0 Å². The highest BCUT2D eigenvalue weighted by atomic mass is 16.5. The number of nitrogens with zero attached hydrogens (tertiary/aromatic N) is 6. The summed E-state index contributed by atoms with van der Waals surface area (Å²) in [6.45, 7) is 2.33. The Bertz CT molecular complexity index is 2100. The molecule has 0 spiro atoms. The van der Waals surface area contributed by atoms with Crippen molar-refractivity contribution in [3.63, 3.8) is 0 Å². The van der Waals surface area contributed by atoms with E-state index in [1.54, 1.807) is 6.20 Å². The third-order valence-electron chi connectivity index (χ3n) is 8.82. The number of pyridine rings is 2. The average Bonchev–Trinajstić information content (AvgIpc) is 3.44. The molecule has 218 valence electrons. The Balaban J connectivity index is 1.11. The van der Waals surface area contributed by atoms with E-state index in [4.69, 9.17) is 20.4 Å². The zero-order valence-electron chi connectivity index (χ0n) is 24.1. The Morgan fingerprint density at radius 3 is 2.55 bits per heavy atom. The van der Waals surface area contributed by atoms with Crippen LogP contribution in [0, 0.1) is 0 Å². The van der Waals surface area contributed by atoms with Crippen LogP contribution in [0.15, 0.2) is 94.6 Å². The van der Waals surface area contributed by atoms with Crippen LogP contribution in [-0.4, -0.2) is 56.7 Å². The summed E-state index contributed by atoms with van der Waals surface area (Å²) in [7, 11) is 1.89. The second kappa shape index (κ2) is 10.1. The fraction of sp³-hybridized carbons (Fsp3) is 0.206. The van der Waals surface area contributed by atoms with Gasteiger partial charge in [-0.25, -0.2) is 15.0 Å². The first-order chi connectivity index (χ1) is 21.5. The highest BCUT2D eigenvalue weighted by Gasteiger charge is 2.43. The van der Waals surface area contributed by atoms with Gasteiger partial charge in [-0.1, -0.05) is 42.5 Å². The molecule has 0 saturated carbocycles. The summed E-state index contributed by atoms with van der Waals surface area (Å²) in [4.78, 5) is 42.7. The Morgan fingerprint density at radius 1 is 0.932 bits per heavy atom. The molecule has 44 heavy (non-hydrogen) atoms. The van der Waals surface area contributed by atoms with E-state index in [2.05, 4.69) is 34.1 Å². The second-order valence-electron chi connectivity index (χ2n) is 11.5. The van der Waals surface area contributed by atoms with E-state index in [1.165, 1.54) is 0 Å². The number of imidazole rings is 1. The maximum Gasteiger partial charge on any atom is 0.272 e. The molecule has 10 heteroatoms. The molecule has 2 N–H and O–H groups in total. The van der Waals surface area contributed by atoms with Crippen LogP contribution in [0.3, 0.4) is 0 Å². The minimum absolute atomic E-state index is 0.0218. The summed E-state index contributed by atoms with van der Waals surface area (Å²) in [5.74, 6) is 1.32. The smallest absolute Gasteiger partial charge is 0.272 e. The number of hydrogen-bond donors (Lipinski definition) is 1. The van der Waals surface area contributed by atoms with Crippen molar-refractivity contribution in [2.45, 2.75) is 25.1 Å². The minimum Gasteiger partial charge on any atom is -0.482 e. The van der Waals surface area contributed by atoms with E-state index < -0.39 is 10.9 Å². The highest BCUT2D eigenvalue weighted by Crippen LogP contribution is 2.35. The lowest BCUT2D eigenvalue weighted by atomic mass is 9.96. The standard InChI is InChI=1S/C34H29N7O3/c1-39-26-19-40(17-15-27(26)44-31-28(39)29(42)30(31)43)18-20-9-11-22(12-10-20)41-33(23-8-5-16-36-32(23)35)38-25-14-13-24(37-34(25)41)21-6-3-2-4-7-21/h2-14,16,26-27H,15,17-19H2,1H3,(H2,35,36)/t26-,27+/m1/s1. The first kappa shape index (κ1) is 26.3. The first-order valence-electron chi connectivity index (χ1n) is 14.7. The Hall–Kier alpha value is -5.35. The monoisotopic (exact) mass is 583 g/mol. The molecule has 3 aromatic heterocycles. The van der Waals surface area contributed by atoms with Crippen molar-refractivity contribution in [1.82, 2.24) is 24.4 Å². The van der Waals surface area contributed by atoms with Crippen LogP contribution in [0.2, 0.25) is 0 Å². The zero-order valence-corrected chi connectivity index (χ0v) is 24.1. The fourth-order valence-electron chi connectivity index (χ4n) is 6.50. The summed E-state index contributed by atoms with van der Waals surface area (Å²) in [6.07, 6.45) is 2.37. The number of benzene rings is 2. The lowest BCUT2D eigenvalue weighted by molar-refractivity contribution is 0.0624. The number of nitrogens with two attached hydrogens (primary N) is 1. The third kappa shape index (κ3) is 4.17. The van der Waals surface area contributed by atoms with E-state index in [-0.39, 0.29) is 17.9 Å². The first-order valence-corrected chi connectivity index (χ1v) is 14.7. The SMILES string of the molecule is CN1c2c(c(=O)c2=O)O[C@H]2CCN(Cc3ccc(-n4c(-c5cccnc5N)nc5ccc(-c6ccccc6)nc54)cc3)C[C@H]21. The summed E-state index contributed by atoms with van der Waals surface area (Å²) in [6, 6.07) is 26.3. The number of ether oxygens (including phenoxy) is 1. The van der Waals surface area contributed by atoms with E-state index in [9.17, 15) is 9.59 Å². The van der Waals surface area contributed by atoms with Crippen LogP contribution in [0.5, 0.6) is 5.75 Å². The van der Waals surface area contributed by atoms with Gasteiger partial charge in [-0.2, -0.15) is 0 Å². The molecule has 0 bridgehead atoms. The summed E-state index contributed by atoms with van der Waals surface area (Å²) in [5.41, 5.74) is 12.0. The molecule has 10 nitrogen and oxygen atoms in total. The predicted molar refractivity (Wildman–Crippen MR) is 170 cm³/mol. The van der Waals surface area contributed by atoms with Gasteiger partial charge in [-0.3, -0.25) is 19.1 Å². The maximum absolute atomic E-state index is 12.1. The van der Waals surface area contributed by atoms with Gasteiger partial charge in [-0.15, -0.1) is 0 Å². The molecule has 3 aromatic carbocycles. The third-order valence-corrected chi connectivity index (χ3v) is 8.82. The van der Waals surface area contributed by atoms with Crippen molar-refractivity contribution in [2.75, 3.05) is 30.8 Å². The van der Waals surface area contributed by atoms with Crippen LogP contribution in [0.25, 0.3) is 39.5 Å². The molecular formula is C34H29N7O3. The van der Waals surface area contributed by atoms with Crippen molar-refractivity contribution in [3.05, 3.63) is 111 Å². The quantitative estimate of drug-likeness (QED) is 0.302. The molecule has 5 heterocycles. The average molecular weight is 584 g/mol.